The molecule has 3 aromatic rings. The number of aromatic nitrogens is 3. The predicted molar refractivity (Wildman–Crippen MR) is 92.6 cm³/mol. The van der Waals surface area contributed by atoms with Crippen molar-refractivity contribution in [1.82, 2.24) is 19.9 Å². The van der Waals surface area contributed by atoms with Crippen molar-refractivity contribution in [3.05, 3.63) is 78.1 Å². The van der Waals surface area contributed by atoms with E-state index < -0.39 is 23.4 Å². The molecular weight excluding hydrogens is 356 g/mol. The highest BCUT2D eigenvalue weighted by atomic mass is 19.1. The summed E-state index contributed by atoms with van der Waals surface area (Å²) in [6.07, 6.45) is 6.05. The maximum absolute atomic E-state index is 14.0. The number of hydrogen-bond donors (Lipinski definition) is 2. The average molecular weight is 371 g/mol. The van der Waals surface area contributed by atoms with Crippen LogP contribution in [-0.2, 0) is 17.9 Å². The lowest BCUT2D eigenvalue weighted by Gasteiger charge is -2.11. The van der Waals surface area contributed by atoms with E-state index in [4.69, 9.17) is 0 Å². The molecule has 9 heteroatoms. The van der Waals surface area contributed by atoms with Crippen LogP contribution in [0.4, 0.5) is 14.5 Å². The summed E-state index contributed by atoms with van der Waals surface area (Å²) in [6.45, 7) is -0.0170. The normalized spacial score (nSPS) is 10.4. The molecule has 0 fully saturated rings. The highest BCUT2D eigenvalue weighted by Gasteiger charge is 2.17. The van der Waals surface area contributed by atoms with Crippen LogP contribution in [0.25, 0.3) is 0 Å². The highest BCUT2D eigenvalue weighted by Crippen LogP contribution is 2.20. The predicted octanol–water partition coefficient (Wildman–Crippen LogP) is 2.12. The lowest BCUT2D eigenvalue weighted by molar-refractivity contribution is -0.116. The van der Waals surface area contributed by atoms with Crippen molar-refractivity contribution in [1.29, 1.82) is 0 Å². The lowest BCUT2D eigenvalue weighted by Crippen LogP contribution is -2.25. The van der Waals surface area contributed by atoms with Crippen LogP contribution >= 0.6 is 0 Å². The Hall–Kier alpha value is -3.62. The molecule has 1 aromatic carbocycles. The molecule has 0 aliphatic rings. The third kappa shape index (κ3) is 4.72. The fraction of sp³-hybridized carbons (Fsp3) is 0.111. The van der Waals surface area contributed by atoms with Crippen molar-refractivity contribution in [2.45, 2.75) is 13.1 Å². The van der Waals surface area contributed by atoms with Crippen molar-refractivity contribution >= 4 is 17.5 Å². The molecule has 138 valence electrons. The van der Waals surface area contributed by atoms with E-state index in [1.807, 2.05) is 0 Å². The second kappa shape index (κ2) is 8.17. The monoisotopic (exact) mass is 371 g/mol. The maximum atomic E-state index is 14.0. The van der Waals surface area contributed by atoms with Crippen molar-refractivity contribution in [3.63, 3.8) is 0 Å². The van der Waals surface area contributed by atoms with Gasteiger partial charge in [0.15, 0.2) is 0 Å². The Bertz CT molecular complexity index is 946. The molecule has 0 unspecified atom stereocenters. The topological polar surface area (TPSA) is 88.9 Å². The molecule has 0 spiro atoms. The number of nitrogens with zero attached hydrogens (tertiary/aromatic N) is 3. The Labute approximate surface area is 153 Å². The van der Waals surface area contributed by atoms with Crippen molar-refractivity contribution in [2.75, 3.05) is 5.32 Å². The van der Waals surface area contributed by atoms with Gasteiger partial charge in [-0.25, -0.2) is 13.8 Å². The summed E-state index contributed by atoms with van der Waals surface area (Å²) in [7, 11) is 0. The van der Waals surface area contributed by atoms with Gasteiger partial charge in [0.25, 0.3) is 5.91 Å². The molecule has 7 nitrogen and oxygen atoms in total. The second-order valence-electron chi connectivity index (χ2n) is 5.60. The number of carbonyl (C=O) groups excluding carboxylic acids is 2. The number of anilines is 1. The van der Waals surface area contributed by atoms with Crippen molar-refractivity contribution < 1.29 is 18.4 Å². The fourth-order valence-corrected chi connectivity index (χ4v) is 2.32. The van der Waals surface area contributed by atoms with Crippen molar-refractivity contribution in [3.8, 4) is 0 Å². The Balaban J connectivity index is 1.71. The molecule has 0 saturated carbocycles. The number of carbonyl (C=O) groups is 2. The molecule has 2 amide bonds. The number of hydrogen-bond acceptors (Lipinski definition) is 4. The van der Waals surface area contributed by atoms with Crippen LogP contribution in [-0.4, -0.2) is 26.3 Å². The summed E-state index contributed by atoms with van der Waals surface area (Å²) >= 11 is 0. The molecule has 0 atom stereocenters. The number of benzene rings is 1. The van der Waals surface area contributed by atoms with Crippen molar-refractivity contribution in [2.24, 2.45) is 0 Å². The fourth-order valence-electron chi connectivity index (χ4n) is 2.32. The number of halogens is 2. The van der Waals surface area contributed by atoms with Crippen LogP contribution < -0.4 is 10.6 Å². The first kappa shape index (κ1) is 18.2. The average Bonchev–Trinajstić information content (AvgIpc) is 3.15. The van der Waals surface area contributed by atoms with E-state index >= 15 is 0 Å². The SMILES string of the molecule is O=C(Cn1ccnc1)Nc1cc(C(=O)NCc2ccccn2)c(F)cc1F. The van der Waals surface area contributed by atoms with Crippen LogP contribution in [0.5, 0.6) is 0 Å². The Morgan fingerprint density at radius 2 is 1.96 bits per heavy atom. The van der Waals surface area contributed by atoms with E-state index in [-0.39, 0.29) is 24.3 Å². The molecule has 0 radical (unpaired) electrons. The number of nitrogens with one attached hydrogen (secondary N) is 2. The van der Waals surface area contributed by atoms with E-state index in [1.54, 1.807) is 30.6 Å². The second-order valence-corrected chi connectivity index (χ2v) is 5.60. The van der Waals surface area contributed by atoms with Gasteiger partial charge in [0.1, 0.15) is 18.2 Å². The molecule has 27 heavy (non-hydrogen) atoms. The molecule has 0 bridgehead atoms. The Morgan fingerprint density at radius 1 is 1.11 bits per heavy atom. The molecule has 0 saturated heterocycles. The molecule has 0 aliphatic heterocycles. The van der Waals surface area contributed by atoms with Gasteiger partial charge in [-0.2, -0.15) is 0 Å². The van der Waals surface area contributed by atoms with E-state index in [9.17, 15) is 18.4 Å². The van der Waals surface area contributed by atoms with E-state index in [0.717, 1.165) is 6.07 Å². The largest absolute Gasteiger partial charge is 0.346 e. The summed E-state index contributed by atoms with van der Waals surface area (Å²) < 4.78 is 29.5. The zero-order valence-corrected chi connectivity index (χ0v) is 14.0. The van der Waals surface area contributed by atoms with Crippen LogP contribution in [0, 0.1) is 11.6 Å². The first-order chi connectivity index (χ1) is 13.0. The van der Waals surface area contributed by atoms with Gasteiger partial charge in [-0.1, -0.05) is 6.07 Å². The minimum absolute atomic E-state index is 0.0822. The van der Waals surface area contributed by atoms with Gasteiger partial charge in [0, 0.05) is 24.7 Å². The molecular formula is C18H15F2N5O2. The van der Waals surface area contributed by atoms with E-state index in [2.05, 4.69) is 20.6 Å². The van der Waals surface area contributed by atoms with Gasteiger partial charge >= 0.3 is 0 Å². The quantitative estimate of drug-likeness (QED) is 0.695. The first-order valence-corrected chi connectivity index (χ1v) is 7.95. The molecule has 3 rings (SSSR count). The van der Waals surface area contributed by atoms with Crippen LogP contribution in [0.1, 0.15) is 16.1 Å². The number of rotatable bonds is 6. The summed E-state index contributed by atoms with van der Waals surface area (Å²) in [5, 5.41) is 4.83. The summed E-state index contributed by atoms with van der Waals surface area (Å²) in [4.78, 5) is 32.0. The van der Waals surface area contributed by atoms with Gasteiger partial charge in [0.05, 0.1) is 29.8 Å². The minimum atomic E-state index is -1.03. The smallest absolute Gasteiger partial charge is 0.254 e. The zero-order chi connectivity index (χ0) is 19.2. The standard InChI is InChI=1S/C18H15F2N5O2/c19-14-8-15(20)16(24-17(26)10-25-6-5-21-11-25)7-13(14)18(27)23-9-12-3-1-2-4-22-12/h1-8,11H,9-10H2,(H,23,27)(H,24,26). The van der Waals surface area contributed by atoms with Gasteiger partial charge in [0.2, 0.25) is 5.91 Å². The molecule has 2 aromatic heterocycles. The summed E-state index contributed by atoms with van der Waals surface area (Å²) in [6, 6.07) is 6.69. The van der Waals surface area contributed by atoms with Gasteiger partial charge in [-0.05, 0) is 18.2 Å². The Kier molecular flexibility index (Phi) is 5.50. The number of pyridine rings is 1. The summed E-state index contributed by atoms with van der Waals surface area (Å²) in [5.74, 6) is -3.30. The third-order valence-electron chi connectivity index (χ3n) is 3.62. The van der Waals surface area contributed by atoms with Gasteiger partial charge in [-0.15, -0.1) is 0 Å². The van der Waals surface area contributed by atoms with E-state index in [0.29, 0.717) is 11.8 Å². The molecule has 2 heterocycles. The minimum Gasteiger partial charge on any atom is -0.346 e. The Morgan fingerprint density at radius 3 is 2.67 bits per heavy atom. The lowest BCUT2D eigenvalue weighted by atomic mass is 10.1. The zero-order valence-electron chi connectivity index (χ0n) is 14.0. The number of imidazole rings is 1. The van der Waals surface area contributed by atoms with Crippen LogP contribution in [0.2, 0.25) is 0 Å². The van der Waals surface area contributed by atoms with Gasteiger partial charge in [-0.3, -0.25) is 14.6 Å². The van der Waals surface area contributed by atoms with E-state index in [1.165, 1.54) is 17.1 Å². The summed E-state index contributed by atoms with van der Waals surface area (Å²) in [5.41, 5.74) is -0.0861. The molecule has 2 N–H and O–H groups in total. The third-order valence-corrected chi connectivity index (χ3v) is 3.62. The molecule has 0 aliphatic carbocycles. The highest BCUT2D eigenvalue weighted by molar-refractivity contribution is 5.97. The van der Waals surface area contributed by atoms with Crippen LogP contribution in [0.15, 0.2) is 55.2 Å². The van der Waals surface area contributed by atoms with Crippen LogP contribution in [0.3, 0.4) is 0 Å². The first-order valence-electron chi connectivity index (χ1n) is 7.95. The van der Waals surface area contributed by atoms with Gasteiger partial charge < -0.3 is 15.2 Å². The maximum Gasteiger partial charge on any atom is 0.254 e. The number of amides is 2.